The number of anilines is 2. The minimum Gasteiger partial charge on any atom is -0.493 e. The lowest BCUT2D eigenvalue weighted by Gasteiger charge is -2.11. The van der Waals surface area contributed by atoms with E-state index >= 15 is 0 Å². The quantitative estimate of drug-likeness (QED) is 0.356. The second-order valence-corrected chi connectivity index (χ2v) is 7.36. The normalized spacial score (nSPS) is 10.5. The van der Waals surface area contributed by atoms with Crippen molar-refractivity contribution in [1.29, 1.82) is 0 Å². The molecule has 0 aliphatic rings. The van der Waals surface area contributed by atoms with E-state index in [1.165, 1.54) is 30.1 Å². The summed E-state index contributed by atoms with van der Waals surface area (Å²) in [6.45, 7) is 1.50. The number of carbonyl (C=O) groups is 2. The van der Waals surface area contributed by atoms with Gasteiger partial charge in [0.2, 0.25) is 0 Å². The minimum atomic E-state index is -0.388. The standard InChI is InChI=1S/C24H22N6O5/c1-15-18(13-25-30(15)21-10-11-22(31)29-28-21)24(33)27-17-7-5-6-16(12-17)26-23(32)14-35-20-9-4-3-8-19(20)34-2/h3-13H,14H2,1-2H3,(H,26,32)(H,27,33)(H,29,31). The molecule has 178 valence electrons. The number of amides is 2. The number of H-pyrrole nitrogens is 1. The van der Waals surface area contributed by atoms with Crippen LogP contribution >= 0.6 is 0 Å². The Kier molecular flexibility index (Phi) is 6.86. The molecule has 0 spiro atoms. The Morgan fingerprint density at radius 3 is 2.46 bits per heavy atom. The Hall–Kier alpha value is -4.93. The summed E-state index contributed by atoms with van der Waals surface area (Å²) in [5, 5.41) is 16.0. The van der Waals surface area contributed by atoms with Gasteiger partial charge in [-0.2, -0.15) is 10.2 Å². The zero-order valence-corrected chi connectivity index (χ0v) is 18.9. The van der Waals surface area contributed by atoms with Gasteiger partial charge in [0.05, 0.1) is 24.6 Å². The second kappa shape index (κ2) is 10.3. The number of hydrogen-bond donors (Lipinski definition) is 3. The molecule has 4 rings (SSSR count). The topological polar surface area (TPSA) is 140 Å². The first-order chi connectivity index (χ1) is 16.9. The van der Waals surface area contributed by atoms with Crippen LogP contribution in [0.3, 0.4) is 0 Å². The number of carbonyl (C=O) groups excluding carboxylic acids is 2. The van der Waals surface area contributed by atoms with Crippen molar-refractivity contribution in [2.24, 2.45) is 0 Å². The molecule has 11 nitrogen and oxygen atoms in total. The zero-order chi connectivity index (χ0) is 24.8. The molecule has 2 amide bonds. The van der Waals surface area contributed by atoms with E-state index in [2.05, 4.69) is 25.9 Å². The SMILES string of the molecule is COc1ccccc1OCC(=O)Nc1cccc(NC(=O)c2cnn(-c3ccc(=O)[nH]n3)c2C)c1. The van der Waals surface area contributed by atoms with E-state index in [1.807, 2.05) is 0 Å². The maximum atomic E-state index is 12.8. The number of aromatic nitrogens is 4. The van der Waals surface area contributed by atoms with Gasteiger partial charge >= 0.3 is 0 Å². The molecular weight excluding hydrogens is 452 g/mol. The molecule has 35 heavy (non-hydrogen) atoms. The lowest BCUT2D eigenvalue weighted by atomic mass is 10.2. The van der Waals surface area contributed by atoms with Crippen LogP contribution in [0.15, 0.2) is 71.7 Å². The van der Waals surface area contributed by atoms with Gasteiger partial charge in [-0.25, -0.2) is 9.78 Å². The molecule has 0 aliphatic heterocycles. The van der Waals surface area contributed by atoms with Gasteiger partial charge in [-0.15, -0.1) is 0 Å². The third kappa shape index (κ3) is 5.53. The third-order valence-electron chi connectivity index (χ3n) is 4.97. The molecule has 0 saturated carbocycles. The van der Waals surface area contributed by atoms with Crippen LogP contribution < -0.4 is 25.7 Å². The van der Waals surface area contributed by atoms with Gasteiger partial charge in [-0.3, -0.25) is 14.4 Å². The third-order valence-corrected chi connectivity index (χ3v) is 4.97. The summed E-state index contributed by atoms with van der Waals surface area (Å²) in [6, 6.07) is 16.6. The van der Waals surface area contributed by atoms with Gasteiger partial charge in [0.15, 0.2) is 23.9 Å². The van der Waals surface area contributed by atoms with Gasteiger partial charge in [0.1, 0.15) is 0 Å². The van der Waals surface area contributed by atoms with E-state index in [1.54, 1.807) is 55.5 Å². The Morgan fingerprint density at radius 1 is 1.00 bits per heavy atom. The largest absolute Gasteiger partial charge is 0.493 e. The molecule has 0 bridgehead atoms. The number of para-hydroxylation sites is 2. The zero-order valence-electron chi connectivity index (χ0n) is 18.9. The van der Waals surface area contributed by atoms with Crippen molar-refractivity contribution in [3.63, 3.8) is 0 Å². The molecule has 0 unspecified atom stereocenters. The average molecular weight is 474 g/mol. The molecule has 11 heteroatoms. The summed E-state index contributed by atoms with van der Waals surface area (Å²) in [5.41, 5.74) is 1.50. The highest BCUT2D eigenvalue weighted by Crippen LogP contribution is 2.25. The summed E-state index contributed by atoms with van der Waals surface area (Å²) in [4.78, 5) is 36.4. The number of benzene rings is 2. The van der Waals surface area contributed by atoms with Crippen LogP contribution in [-0.2, 0) is 4.79 Å². The van der Waals surface area contributed by atoms with Gasteiger partial charge < -0.3 is 20.1 Å². The fourth-order valence-corrected chi connectivity index (χ4v) is 3.27. The smallest absolute Gasteiger partial charge is 0.264 e. The highest BCUT2D eigenvalue weighted by atomic mass is 16.5. The van der Waals surface area contributed by atoms with Gasteiger partial charge in [0.25, 0.3) is 17.4 Å². The molecule has 0 radical (unpaired) electrons. The second-order valence-electron chi connectivity index (χ2n) is 7.36. The fraction of sp³-hybridized carbons (Fsp3) is 0.125. The number of methoxy groups -OCH3 is 1. The van der Waals surface area contributed by atoms with Crippen LogP contribution in [0.4, 0.5) is 11.4 Å². The predicted molar refractivity (Wildman–Crippen MR) is 128 cm³/mol. The van der Waals surface area contributed by atoms with Crippen LogP contribution in [0, 0.1) is 6.92 Å². The van der Waals surface area contributed by atoms with Gasteiger partial charge in [-0.05, 0) is 43.3 Å². The van der Waals surface area contributed by atoms with Crippen LogP contribution in [0.5, 0.6) is 11.5 Å². The number of ether oxygens (including phenoxy) is 2. The molecule has 2 aromatic heterocycles. The monoisotopic (exact) mass is 474 g/mol. The summed E-state index contributed by atoms with van der Waals surface area (Å²) < 4.78 is 12.2. The fourth-order valence-electron chi connectivity index (χ4n) is 3.27. The first-order valence-corrected chi connectivity index (χ1v) is 10.5. The Labute approximate surface area is 199 Å². The summed E-state index contributed by atoms with van der Waals surface area (Å²) in [6.07, 6.45) is 1.41. The Morgan fingerprint density at radius 2 is 1.74 bits per heavy atom. The summed E-state index contributed by atoms with van der Waals surface area (Å²) in [7, 11) is 1.52. The molecule has 0 fully saturated rings. The highest BCUT2D eigenvalue weighted by Gasteiger charge is 2.16. The molecule has 2 aromatic carbocycles. The van der Waals surface area contributed by atoms with Gasteiger partial charge in [0, 0.05) is 17.4 Å². The van der Waals surface area contributed by atoms with Crippen molar-refractivity contribution in [1.82, 2.24) is 20.0 Å². The van der Waals surface area contributed by atoms with Crippen molar-refractivity contribution < 1.29 is 19.1 Å². The van der Waals surface area contributed by atoms with Crippen LogP contribution in [0.2, 0.25) is 0 Å². The summed E-state index contributed by atoms with van der Waals surface area (Å²) >= 11 is 0. The van der Waals surface area contributed by atoms with Crippen LogP contribution in [0.25, 0.3) is 5.82 Å². The maximum absolute atomic E-state index is 12.8. The van der Waals surface area contributed by atoms with Crippen molar-refractivity contribution in [3.05, 3.63) is 88.5 Å². The van der Waals surface area contributed by atoms with Crippen molar-refractivity contribution >= 4 is 23.2 Å². The lowest BCUT2D eigenvalue weighted by Crippen LogP contribution is -2.20. The van der Waals surface area contributed by atoms with E-state index in [0.717, 1.165) is 0 Å². The van der Waals surface area contributed by atoms with E-state index in [9.17, 15) is 14.4 Å². The number of nitrogens with zero attached hydrogens (tertiary/aromatic N) is 3. The minimum absolute atomic E-state index is 0.214. The van der Waals surface area contributed by atoms with E-state index < -0.39 is 0 Å². The highest BCUT2D eigenvalue weighted by molar-refractivity contribution is 6.05. The first-order valence-electron chi connectivity index (χ1n) is 10.5. The number of aromatic amines is 1. The molecule has 3 N–H and O–H groups in total. The maximum Gasteiger partial charge on any atom is 0.264 e. The average Bonchev–Trinajstić information content (AvgIpc) is 3.25. The number of rotatable bonds is 8. The van der Waals surface area contributed by atoms with E-state index in [-0.39, 0.29) is 24.0 Å². The molecule has 4 aromatic rings. The first kappa shape index (κ1) is 23.2. The number of nitrogens with one attached hydrogen (secondary N) is 3. The summed E-state index contributed by atoms with van der Waals surface area (Å²) in [5.74, 6) is 0.603. The molecule has 2 heterocycles. The van der Waals surface area contributed by atoms with Crippen molar-refractivity contribution in [3.8, 4) is 17.3 Å². The van der Waals surface area contributed by atoms with E-state index in [4.69, 9.17) is 9.47 Å². The van der Waals surface area contributed by atoms with Crippen LogP contribution in [-0.4, -0.2) is 45.5 Å². The lowest BCUT2D eigenvalue weighted by molar-refractivity contribution is -0.118. The Bertz CT molecular complexity index is 1410. The Balaban J connectivity index is 1.39. The predicted octanol–water partition coefficient (Wildman–Crippen LogP) is 2.54. The van der Waals surface area contributed by atoms with E-state index in [0.29, 0.717) is 39.9 Å². The van der Waals surface area contributed by atoms with Crippen molar-refractivity contribution in [2.45, 2.75) is 6.92 Å². The van der Waals surface area contributed by atoms with Gasteiger partial charge in [-0.1, -0.05) is 18.2 Å². The molecule has 0 atom stereocenters. The molecular formula is C24H22N6O5. The van der Waals surface area contributed by atoms with Crippen molar-refractivity contribution in [2.75, 3.05) is 24.4 Å². The molecule has 0 saturated heterocycles. The number of hydrogen-bond acceptors (Lipinski definition) is 7. The van der Waals surface area contributed by atoms with Crippen LogP contribution in [0.1, 0.15) is 16.1 Å². The molecule has 0 aliphatic carbocycles.